The van der Waals surface area contributed by atoms with E-state index in [-0.39, 0.29) is 29.7 Å². The number of aromatic nitrogens is 2. The molecule has 0 fully saturated rings. The Morgan fingerprint density at radius 1 is 1.10 bits per heavy atom. The smallest absolute Gasteiger partial charge is 0.258 e. The lowest BCUT2D eigenvalue weighted by Gasteiger charge is -2.24. The normalized spacial score (nSPS) is 15.1. The summed E-state index contributed by atoms with van der Waals surface area (Å²) >= 11 is 5.98. The van der Waals surface area contributed by atoms with Crippen LogP contribution in [0.3, 0.4) is 0 Å². The first-order valence-corrected chi connectivity index (χ1v) is 10.0. The molecule has 1 unspecified atom stereocenters. The zero-order valence-electron chi connectivity index (χ0n) is 16.9. The summed E-state index contributed by atoms with van der Waals surface area (Å²) in [7, 11) is 0. The number of H-pyrrole nitrogens is 1. The summed E-state index contributed by atoms with van der Waals surface area (Å²) in [4.78, 5) is 45.0. The molecule has 1 atom stereocenters. The van der Waals surface area contributed by atoms with Gasteiger partial charge in [-0.15, -0.1) is 0 Å². The third kappa shape index (κ3) is 4.59. The van der Waals surface area contributed by atoms with E-state index in [2.05, 4.69) is 25.9 Å². The monoisotopic (exact) mass is 437 g/mol. The molecule has 0 saturated carbocycles. The number of fused-ring (bicyclic) bond motifs is 1. The second kappa shape index (κ2) is 8.23. The maximum absolute atomic E-state index is 13.0. The van der Waals surface area contributed by atoms with E-state index in [1.165, 1.54) is 0 Å². The molecule has 3 aromatic rings. The van der Waals surface area contributed by atoms with Gasteiger partial charge in [0, 0.05) is 22.8 Å². The molecule has 2 aromatic carbocycles. The molecular weight excluding hydrogens is 418 g/mol. The molecule has 31 heavy (non-hydrogen) atoms. The van der Waals surface area contributed by atoms with E-state index in [4.69, 9.17) is 11.6 Å². The zero-order chi connectivity index (χ0) is 22.1. The van der Waals surface area contributed by atoms with Crippen LogP contribution in [-0.2, 0) is 9.59 Å². The number of nitrogens with zero attached hydrogens (tertiary/aromatic N) is 1. The predicted octanol–water partition coefficient (Wildman–Crippen LogP) is 3.85. The van der Waals surface area contributed by atoms with Crippen molar-refractivity contribution in [1.29, 1.82) is 0 Å². The van der Waals surface area contributed by atoms with E-state index in [0.717, 1.165) is 11.1 Å². The standard InChI is InChI=1S/C22H20ClN5O3/c1-11-6-12(2)8-15(7-11)24-20(30)16-10-17(29)26-19-18(16)21(31)28-22(27-19)25-14-5-3-4-13(23)9-14/h3-9,16H,10H2,1-2H3,(H,24,30)(H3,25,26,27,28,29,31). The van der Waals surface area contributed by atoms with E-state index in [1.54, 1.807) is 24.3 Å². The number of halogens is 1. The quantitative estimate of drug-likeness (QED) is 0.494. The van der Waals surface area contributed by atoms with Gasteiger partial charge in [-0.3, -0.25) is 19.4 Å². The molecule has 0 spiro atoms. The first-order valence-electron chi connectivity index (χ1n) is 9.64. The Morgan fingerprint density at radius 3 is 2.55 bits per heavy atom. The molecule has 0 saturated heterocycles. The topological polar surface area (TPSA) is 116 Å². The summed E-state index contributed by atoms with van der Waals surface area (Å²) in [6.07, 6.45) is -0.143. The highest BCUT2D eigenvalue weighted by Gasteiger charge is 2.34. The summed E-state index contributed by atoms with van der Waals surface area (Å²) in [6.45, 7) is 3.85. The lowest BCUT2D eigenvalue weighted by atomic mass is 9.92. The minimum atomic E-state index is -0.957. The van der Waals surface area contributed by atoms with Gasteiger partial charge >= 0.3 is 0 Å². The molecule has 2 amide bonds. The molecule has 4 rings (SSSR count). The number of anilines is 4. The summed E-state index contributed by atoms with van der Waals surface area (Å²) in [6, 6.07) is 12.5. The Bertz CT molecular complexity index is 1230. The van der Waals surface area contributed by atoms with Gasteiger partial charge in [0.25, 0.3) is 5.56 Å². The van der Waals surface area contributed by atoms with Crippen LogP contribution in [0.15, 0.2) is 47.3 Å². The highest BCUT2D eigenvalue weighted by molar-refractivity contribution is 6.30. The van der Waals surface area contributed by atoms with Crippen molar-refractivity contribution in [2.75, 3.05) is 16.0 Å². The van der Waals surface area contributed by atoms with Crippen molar-refractivity contribution in [3.05, 3.63) is 74.5 Å². The van der Waals surface area contributed by atoms with Crippen molar-refractivity contribution in [3.8, 4) is 0 Å². The molecule has 8 nitrogen and oxygen atoms in total. The average molecular weight is 438 g/mol. The van der Waals surface area contributed by atoms with Gasteiger partial charge in [0.15, 0.2) is 0 Å². The Hall–Kier alpha value is -3.65. The number of amides is 2. The van der Waals surface area contributed by atoms with Crippen LogP contribution >= 0.6 is 11.6 Å². The number of aryl methyl sites for hydroxylation is 2. The average Bonchev–Trinajstić information content (AvgIpc) is 2.66. The van der Waals surface area contributed by atoms with Crippen molar-refractivity contribution < 1.29 is 9.59 Å². The number of carbonyl (C=O) groups is 2. The molecule has 1 aliphatic heterocycles. The van der Waals surface area contributed by atoms with Crippen molar-refractivity contribution in [3.63, 3.8) is 0 Å². The number of aromatic amines is 1. The molecule has 158 valence electrons. The van der Waals surface area contributed by atoms with Gasteiger partial charge in [0.2, 0.25) is 17.8 Å². The molecule has 1 aromatic heterocycles. The van der Waals surface area contributed by atoms with Crippen LogP contribution in [0.5, 0.6) is 0 Å². The first kappa shape index (κ1) is 20.6. The SMILES string of the molecule is Cc1cc(C)cc(NC(=O)C2CC(=O)Nc3nc(Nc4cccc(Cl)c4)[nH]c(=O)c32)c1. The third-order valence-corrected chi connectivity index (χ3v) is 5.08. The molecule has 4 N–H and O–H groups in total. The highest BCUT2D eigenvalue weighted by atomic mass is 35.5. The van der Waals surface area contributed by atoms with Crippen LogP contribution < -0.4 is 21.5 Å². The molecule has 1 aliphatic rings. The molecule has 0 radical (unpaired) electrons. The minimum Gasteiger partial charge on any atom is -0.326 e. The van der Waals surface area contributed by atoms with Crippen molar-refractivity contribution in [2.24, 2.45) is 0 Å². The Kier molecular flexibility index (Phi) is 5.48. The van der Waals surface area contributed by atoms with Gasteiger partial charge in [0.05, 0.1) is 11.5 Å². The Morgan fingerprint density at radius 2 is 1.84 bits per heavy atom. The number of carbonyl (C=O) groups excluding carboxylic acids is 2. The fourth-order valence-corrected chi connectivity index (χ4v) is 3.82. The maximum atomic E-state index is 13.0. The maximum Gasteiger partial charge on any atom is 0.258 e. The molecule has 0 aliphatic carbocycles. The van der Waals surface area contributed by atoms with E-state index in [1.807, 2.05) is 32.0 Å². The number of rotatable bonds is 4. The van der Waals surface area contributed by atoms with Crippen molar-refractivity contribution >= 4 is 46.6 Å². The number of nitrogens with one attached hydrogen (secondary N) is 4. The van der Waals surface area contributed by atoms with E-state index < -0.39 is 17.4 Å². The number of hydrogen-bond acceptors (Lipinski definition) is 5. The summed E-state index contributed by atoms with van der Waals surface area (Å²) in [5.74, 6) is -1.60. The lowest BCUT2D eigenvalue weighted by molar-refractivity contribution is -0.123. The van der Waals surface area contributed by atoms with Crippen LogP contribution in [0.2, 0.25) is 5.02 Å². The largest absolute Gasteiger partial charge is 0.326 e. The van der Waals surface area contributed by atoms with Crippen LogP contribution in [-0.4, -0.2) is 21.8 Å². The summed E-state index contributed by atoms with van der Waals surface area (Å²) < 4.78 is 0. The summed E-state index contributed by atoms with van der Waals surface area (Å²) in [5, 5.41) is 8.86. The molecule has 2 heterocycles. The van der Waals surface area contributed by atoms with E-state index >= 15 is 0 Å². The zero-order valence-corrected chi connectivity index (χ0v) is 17.6. The van der Waals surface area contributed by atoms with Gasteiger partial charge in [0.1, 0.15) is 5.82 Å². The van der Waals surface area contributed by atoms with Gasteiger partial charge in [-0.05, 0) is 55.3 Å². The van der Waals surface area contributed by atoms with Gasteiger partial charge in [-0.25, -0.2) is 0 Å². The molecule has 0 bridgehead atoms. The molecular formula is C22H20ClN5O3. The van der Waals surface area contributed by atoms with Gasteiger partial charge < -0.3 is 16.0 Å². The highest BCUT2D eigenvalue weighted by Crippen LogP contribution is 2.30. The second-order valence-corrected chi connectivity index (χ2v) is 7.92. The fraction of sp³-hybridized carbons (Fsp3) is 0.182. The fourth-order valence-electron chi connectivity index (χ4n) is 3.63. The second-order valence-electron chi connectivity index (χ2n) is 7.48. The van der Waals surface area contributed by atoms with Gasteiger partial charge in [-0.1, -0.05) is 23.7 Å². The van der Waals surface area contributed by atoms with E-state index in [0.29, 0.717) is 16.4 Å². The van der Waals surface area contributed by atoms with E-state index in [9.17, 15) is 14.4 Å². The first-order chi connectivity index (χ1) is 14.8. The van der Waals surface area contributed by atoms with Crippen LogP contribution in [0, 0.1) is 13.8 Å². The predicted molar refractivity (Wildman–Crippen MR) is 120 cm³/mol. The number of hydrogen-bond donors (Lipinski definition) is 4. The molecule has 9 heteroatoms. The van der Waals surface area contributed by atoms with Crippen molar-refractivity contribution in [1.82, 2.24) is 9.97 Å². The number of benzene rings is 2. The van der Waals surface area contributed by atoms with Crippen molar-refractivity contribution in [2.45, 2.75) is 26.2 Å². The van der Waals surface area contributed by atoms with Gasteiger partial charge in [-0.2, -0.15) is 4.98 Å². The third-order valence-electron chi connectivity index (χ3n) is 4.84. The lowest BCUT2D eigenvalue weighted by Crippen LogP contribution is -2.36. The van der Waals surface area contributed by atoms with Crippen LogP contribution in [0.1, 0.15) is 29.0 Å². The minimum absolute atomic E-state index is 0.0603. The summed E-state index contributed by atoms with van der Waals surface area (Å²) in [5.41, 5.74) is 2.83. The Balaban J connectivity index is 1.65. The van der Waals surface area contributed by atoms with Crippen LogP contribution in [0.25, 0.3) is 0 Å². The van der Waals surface area contributed by atoms with Crippen LogP contribution in [0.4, 0.5) is 23.1 Å². The Labute approximate surface area is 183 Å².